The van der Waals surface area contributed by atoms with Gasteiger partial charge in [-0.15, -0.1) is 0 Å². The Kier molecular flexibility index (Phi) is 7.50. The van der Waals surface area contributed by atoms with Crippen LogP contribution in [0.5, 0.6) is 17.2 Å². The number of fused-ring (bicyclic) bond motifs is 1. The molecule has 6 nitrogen and oxygen atoms in total. The van der Waals surface area contributed by atoms with Crippen LogP contribution >= 0.6 is 0 Å². The van der Waals surface area contributed by atoms with E-state index in [9.17, 15) is 9.90 Å². The number of hydrogen-bond acceptors (Lipinski definition) is 5. The summed E-state index contributed by atoms with van der Waals surface area (Å²) in [6.45, 7) is 20.5. The molecule has 0 unspecified atom stereocenters. The fourth-order valence-corrected chi connectivity index (χ4v) is 4.51. The van der Waals surface area contributed by atoms with E-state index < -0.39 is 0 Å². The Morgan fingerprint density at radius 3 is 1.89 bits per heavy atom. The number of nitrogens with one attached hydrogen (secondary N) is 1. The number of ketones is 1. The van der Waals surface area contributed by atoms with E-state index >= 15 is 0 Å². The molecule has 2 N–H and O–H groups in total. The summed E-state index contributed by atoms with van der Waals surface area (Å²) in [5, 5.41) is 20.0. The van der Waals surface area contributed by atoms with E-state index in [2.05, 4.69) is 0 Å². The minimum Gasteiger partial charge on any atom is -0.507 e. The molecule has 36 heavy (non-hydrogen) atoms. The van der Waals surface area contributed by atoms with Gasteiger partial charge in [0, 0.05) is 28.8 Å². The van der Waals surface area contributed by atoms with E-state index in [0.29, 0.717) is 29.2 Å². The number of ether oxygens (including phenoxy) is 2. The zero-order valence-corrected chi connectivity index (χ0v) is 23.5. The highest BCUT2D eigenvalue weighted by Crippen LogP contribution is 2.41. The number of amidine groups is 1. The van der Waals surface area contributed by atoms with E-state index in [1.165, 1.54) is 0 Å². The number of rotatable bonds is 7. The molecule has 0 saturated carbocycles. The van der Waals surface area contributed by atoms with Gasteiger partial charge in [0.2, 0.25) is 0 Å². The molecule has 0 aliphatic carbocycles. The third kappa shape index (κ3) is 5.69. The van der Waals surface area contributed by atoms with Crippen LogP contribution in [-0.2, 0) is 17.4 Å². The van der Waals surface area contributed by atoms with Crippen LogP contribution in [-0.4, -0.2) is 40.4 Å². The van der Waals surface area contributed by atoms with Crippen molar-refractivity contribution in [2.75, 3.05) is 6.54 Å². The predicted molar refractivity (Wildman–Crippen MR) is 145 cm³/mol. The third-order valence-electron chi connectivity index (χ3n) is 6.24. The van der Waals surface area contributed by atoms with Crippen LogP contribution in [0.4, 0.5) is 0 Å². The monoisotopic (exact) mass is 494 g/mol. The van der Waals surface area contributed by atoms with Crippen molar-refractivity contribution in [2.45, 2.75) is 98.8 Å². The van der Waals surface area contributed by atoms with Crippen molar-refractivity contribution >= 4 is 11.6 Å². The molecule has 1 aliphatic rings. The number of Topliss-reactive ketones (excluding diaryl/α,β-unsaturated/α-hetero) is 1. The number of carbonyl (C=O) groups is 1. The first-order valence-electron chi connectivity index (χ1n) is 12.7. The summed E-state index contributed by atoms with van der Waals surface area (Å²) in [5.41, 5.74) is 2.94. The average molecular weight is 495 g/mol. The number of nitrogens with zero attached hydrogens (tertiary/aromatic N) is 1. The van der Waals surface area contributed by atoms with Gasteiger partial charge in [-0.2, -0.15) is 0 Å². The first kappa shape index (κ1) is 27.6. The Bertz CT molecular complexity index is 1130. The fraction of sp³-hybridized carbons (Fsp3) is 0.533. The lowest BCUT2D eigenvalue weighted by atomic mass is 9.78. The quantitative estimate of drug-likeness (QED) is 0.425. The predicted octanol–water partition coefficient (Wildman–Crippen LogP) is 6.59. The molecule has 0 spiro atoms. The average Bonchev–Trinajstić information content (AvgIpc) is 3.04. The Morgan fingerprint density at radius 1 is 0.944 bits per heavy atom. The maximum absolute atomic E-state index is 13.6. The summed E-state index contributed by atoms with van der Waals surface area (Å²) < 4.78 is 12.0. The second-order valence-corrected chi connectivity index (χ2v) is 12.3. The van der Waals surface area contributed by atoms with Gasteiger partial charge in [0.15, 0.2) is 5.78 Å². The van der Waals surface area contributed by atoms with Crippen LogP contribution in [0.1, 0.15) is 102 Å². The fourth-order valence-electron chi connectivity index (χ4n) is 4.51. The Balaban J connectivity index is 1.99. The molecular formula is C30H42N2O4. The third-order valence-corrected chi connectivity index (χ3v) is 6.24. The van der Waals surface area contributed by atoms with E-state index in [0.717, 1.165) is 16.7 Å². The first-order valence-corrected chi connectivity index (χ1v) is 12.7. The van der Waals surface area contributed by atoms with E-state index in [-0.39, 0.29) is 47.0 Å². The molecule has 196 valence electrons. The molecule has 0 atom stereocenters. The molecule has 0 amide bonds. The van der Waals surface area contributed by atoms with Gasteiger partial charge in [0.25, 0.3) is 0 Å². The van der Waals surface area contributed by atoms with Crippen molar-refractivity contribution < 1.29 is 19.4 Å². The van der Waals surface area contributed by atoms with E-state index in [1.807, 2.05) is 81.4 Å². The van der Waals surface area contributed by atoms with Crippen LogP contribution < -0.4 is 9.47 Å². The van der Waals surface area contributed by atoms with Crippen LogP contribution in [0.25, 0.3) is 0 Å². The highest BCUT2D eigenvalue weighted by Gasteiger charge is 2.34. The summed E-state index contributed by atoms with van der Waals surface area (Å²) in [4.78, 5) is 15.4. The molecule has 0 saturated heterocycles. The van der Waals surface area contributed by atoms with Crippen molar-refractivity contribution in [3.8, 4) is 17.2 Å². The van der Waals surface area contributed by atoms with Gasteiger partial charge in [-0.1, -0.05) is 41.5 Å². The van der Waals surface area contributed by atoms with Crippen molar-refractivity contribution in [2.24, 2.45) is 0 Å². The molecule has 0 radical (unpaired) electrons. The largest absolute Gasteiger partial charge is 0.507 e. The second-order valence-electron chi connectivity index (χ2n) is 12.3. The topological polar surface area (TPSA) is 82.8 Å². The summed E-state index contributed by atoms with van der Waals surface area (Å²) in [5.74, 6) is 1.75. The number of phenolic OH excluding ortho intramolecular Hbond substituents is 1. The zero-order valence-electron chi connectivity index (χ0n) is 23.5. The summed E-state index contributed by atoms with van der Waals surface area (Å²) in [7, 11) is 0. The van der Waals surface area contributed by atoms with Crippen LogP contribution in [0.3, 0.4) is 0 Å². The lowest BCUT2D eigenvalue weighted by molar-refractivity contribution is 0.0961. The van der Waals surface area contributed by atoms with Gasteiger partial charge in [0.05, 0.1) is 24.3 Å². The van der Waals surface area contributed by atoms with Gasteiger partial charge in [0.1, 0.15) is 23.1 Å². The zero-order chi connectivity index (χ0) is 27.2. The molecule has 1 aliphatic heterocycles. The maximum Gasteiger partial charge on any atom is 0.182 e. The first-order chi connectivity index (χ1) is 16.5. The minimum atomic E-state index is -0.330. The van der Waals surface area contributed by atoms with E-state index in [4.69, 9.17) is 14.9 Å². The molecular weight excluding hydrogens is 452 g/mol. The van der Waals surface area contributed by atoms with Gasteiger partial charge < -0.3 is 19.5 Å². The lowest BCUT2D eigenvalue weighted by Gasteiger charge is -2.28. The van der Waals surface area contributed by atoms with Crippen LogP contribution in [0, 0.1) is 5.41 Å². The lowest BCUT2D eigenvalue weighted by Crippen LogP contribution is -2.31. The maximum atomic E-state index is 13.6. The normalized spacial score (nSPS) is 14.0. The van der Waals surface area contributed by atoms with Gasteiger partial charge in [-0.05, 0) is 62.8 Å². The highest BCUT2D eigenvalue weighted by molar-refractivity contribution is 6.07. The molecule has 2 aromatic rings. The number of aromatic hydroxyl groups is 1. The molecule has 2 aromatic carbocycles. The molecule has 0 fully saturated rings. The summed E-state index contributed by atoms with van der Waals surface area (Å²) >= 11 is 0. The second kappa shape index (κ2) is 9.79. The number of benzene rings is 2. The summed E-state index contributed by atoms with van der Waals surface area (Å²) in [6, 6.07) is 7.35. The van der Waals surface area contributed by atoms with Gasteiger partial charge in [-0.25, -0.2) is 0 Å². The standard InChI is InChI=1S/C30H42N2O4/c1-17(2)35-24-11-12-25(36-18(3)4)26-20(24)15-32(28(26)31)16-23(33)19-13-21(29(5,6)7)27(34)22(14-19)30(8,9)10/h11-14,17-18,31,34H,15-16H2,1-10H3. The molecule has 3 rings (SSSR count). The van der Waals surface area contributed by atoms with Crippen LogP contribution in [0.2, 0.25) is 0 Å². The van der Waals surface area contributed by atoms with Gasteiger partial charge in [-0.3, -0.25) is 10.2 Å². The SMILES string of the molecule is CC(C)Oc1ccc(OC(C)C)c2c1CN(CC(=O)c1cc(C(C)(C)C)c(O)c(C(C)(C)C)c1)C2=N. The number of phenols is 1. The molecule has 6 heteroatoms. The smallest absolute Gasteiger partial charge is 0.182 e. The Hall–Kier alpha value is -3.02. The summed E-state index contributed by atoms with van der Waals surface area (Å²) in [6.07, 6.45) is -0.0578. The Morgan fingerprint density at radius 2 is 1.42 bits per heavy atom. The molecule has 0 aromatic heterocycles. The number of hydrogen-bond donors (Lipinski definition) is 2. The van der Waals surface area contributed by atoms with Crippen LogP contribution in [0.15, 0.2) is 24.3 Å². The van der Waals surface area contributed by atoms with Gasteiger partial charge >= 0.3 is 0 Å². The highest BCUT2D eigenvalue weighted by atomic mass is 16.5. The number of carbonyl (C=O) groups excluding carboxylic acids is 1. The minimum absolute atomic E-state index is 0.0144. The van der Waals surface area contributed by atoms with Crippen molar-refractivity contribution in [3.05, 3.63) is 52.1 Å². The van der Waals surface area contributed by atoms with E-state index in [1.54, 1.807) is 17.0 Å². The molecule has 1 heterocycles. The molecule has 0 bridgehead atoms. The Labute approximate surface area is 216 Å². The van der Waals surface area contributed by atoms with Crippen molar-refractivity contribution in [3.63, 3.8) is 0 Å². The van der Waals surface area contributed by atoms with Crippen molar-refractivity contribution in [1.29, 1.82) is 5.41 Å². The van der Waals surface area contributed by atoms with Crippen molar-refractivity contribution in [1.82, 2.24) is 4.90 Å².